The van der Waals surface area contributed by atoms with Crippen LogP contribution in [-0.4, -0.2) is 30.5 Å². The third kappa shape index (κ3) is 2.45. The number of ether oxygens (including phenoxy) is 1. The van der Waals surface area contributed by atoms with Crippen molar-refractivity contribution >= 4 is 12.2 Å². The summed E-state index contributed by atoms with van der Waals surface area (Å²) in [5.74, 6) is -1.86. The number of nitrogens with zero attached hydrogens (tertiary/aromatic N) is 1. The van der Waals surface area contributed by atoms with Crippen LogP contribution in [0.25, 0.3) is 0 Å². The number of aldehydes is 1. The predicted molar refractivity (Wildman–Crippen MR) is 74.4 cm³/mol. The smallest absolute Gasteiger partial charge is 0.222 e. The summed E-state index contributed by atoms with van der Waals surface area (Å²) in [6.45, 7) is -0.117. The standard InChI is InChI=1S/C16H12F3NO2/c17-11-2-1-3-12(18)14(11)15-20-13(9-22-15)16(19)6-4-10(8-21)5-7-16/h1-6,8,13H,7,9H2. The second-order valence-electron chi connectivity index (χ2n) is 5.14. The summed E-state index contributed by atoms with van der Waals surface area (Å²) in [6.07, 6.45) is 4.67. The number of hydrogen-bond acceptors (Lipinski definition) is 3. The predicted octanol–water partition coefficient (Wildman–Crippen LogP) is 2.90. The summed E-state index contributed by atoms with van der Waals surface area (Å²) in [7, 11) is 0. The highest BCUT2D eigenvalue weighted by atomic mass is 19.1. The van der Waals surface area contributed by atoms with Crippen molar-refractivity contribution in [3.8, 4) is 0 Å². The van der Waals surface area contributed by atoms with Crippen molar-refractivity contribution in [1.29, 1.82) is 0 Å². The fraction of sp³-hybridized carbons (Fsp3) is 0.250. The van der Waals surface area contributed by atoms with E-state index in [-0.39, 0.29) is 18.9 Å². The number of carbonyl (C=O) groups is 1. The molecule has 0 radical (unpaired) electrons. The quantitative estimate of drug-likeness (QED) is 0.805. The number of rotatable bonds is 3. The van der Waals surface area contributed by atoms with Gasteiger partial charge in [-0.3, -0.25) is 4.79 Å². The first-order valence-electron chi connectivity index (χ1n) is 6.72. The van der Waals surface area contributed by atoms with E-state index in [9.17, 15) is 18.0 Å². The minimum Gasteiger partial charge on any atom is -0.475 e. The van der Waals surface area contributed by atoms with E-state index >= 15 is 0 Å². The zero-order valence-corrected chi connectivity index (χ0v) is 11.4. The van der Waals surface area contributed by atoms with Gasteiger partial charge in [-0.2, -0.15) is 0 Å². The van der Waals surface area contributed by atoms with Gasteiger partial charge in [0, 0.05) is 12.0 Å². The molecule has 3 nitrogen and oxygen atoms in total. The van der Waals surface area contributed by atoms with Gasteiger partial charge in [0.2, 0.25) is 5.90 Å². The molecule has 1 aliphatic carbocycles. The molecule has 1 aliphatic heterocycles. The molecule has 3 rings (SSSR count). The minimum atomic E-state index is -1.84. The molecular weight excluding hydrogens is 295 g/mol. The average Bonchev–Trinajstić information content (AvgIpc) is 2.98. The van der Waals surface area contributed by atoms with Crippen LogP contribution in [0.15, 0.2) is 47.0 Å². The Morgan fingerprint density at radius 1 is 1.32 bits per heavy atom. The lowest BCUT2D eigenvalue weighted by Crippen LogP contribution is -2.36. The number of carbonyl (C=O) groups excluding carboxylic acids is 1. The molecule has 1 aromatic rings. The Labute approximate surface area is 124 Å². The molecule has 114 valence electrons. The zero-order valence-electron chi connectivity index (χ0n) is 11.4. The molecule has 0 spiro atoms. The lowest BCUT2D eigenvalue weighted by Gasteiger charge is -2.26. The van der Waals surface area contributed by atoms with Gasteiger partial charge in [-0.25, -0.2) is 18.2 Å². The summed E-state index contributed by atoms with van der Waals surface area (Å²) < 4.78 is 47.5. The highest BCUT2D eigenvalue weighted by Crippen LogP contribution is 2.33. The van der Waals surface area contributed by atoms with Crippen LogP contribution in [0.2, 0.25) is 0 Å². The SMILES string of the molecule is O=CC1=CCC(F)(C2COC(c3c(F)cccc3F)=N2)C=C1. The third-order valence-corrected chi connectivity index (χ3v) is 3.72. The molecule has 0 saturated carbocycles. The summed E-state index contributed by atoms with van der Waals surface area (Å²) in [5.41, 5.74) is -1.84. The first-order chi connectivity index (χ1) is 10.5. The molecule has 1 heterocycles. The van der Waals surface area contributed by atoms with Gasteiger partial charge in [0.15, 0.2) is 5.67 Å². The topological polar surface area (TPSA) is 38.7 Å². The zero-order chi connectivity index (χ0) is 15.7. The van der Waals surface area contributed by atoms with E-state index < -0.39 is 28.9 Å². The molecule has 22 heavy (non-hydrogen) atoms. The summed E-state index contributed by atoms with van der Waals surface area (Å²) in [5, 5.41) is 0. The monoisotopic (exact) mass is 307 g/mol. The fourth-order valence-electron chi connectivity index (χ4n) is 2.44. The van der Waals surface area contributed by atoms with Crippen LogP contribution < -0.4 is 0 Å². The van der Waals surface area contributed by atoms with Crippen molar-refractivity contribution in [2.75, 3.05) is 6.61 Å². The molecule has 0 aromatic heterocycles. The molecule has 2 unspecified atom stereocenters. The number of hydrogen-bond donors (Lipinski definition) is 0. The van der Waals surface area contributed by atoms with E-state index in [1.54, 1.807) is 0 Å². The van der Waals surface area contributed by atoms with E-state index in [2.05, 4.69) is 4.99 Å². The first-order valence-corrected chi connectivity index (χ1v) is 6.72. The van der Waals surface area contributed by atoms with Crippen molar-refractivity contribution in [3.63, 3.8) is 0 Å². The molecule has 0 bridgehead atoms. The van der Waals surface area contributed by atoms with Gasteiger partial charge in [-0.1, -0.05) is 18.2 Å². The Kier molecular flexibility index (Phi) is 3.60. The van der Waals surface area contributed by atoms with Crippen LogP contribution in [0, 0.1) is 11.6 Å². The molecule has 0 amide bonds. The second kappa shape index (κ2) is 5.44. The number of halogens is 3. The van der Waals surface area contributed by atoms with Crippen molar-refractivity contribution in [2.24, 2.45) is 4.99 Å². The molecular formula is C16H12F3NO2. The van der Waals surface area contributed by atoms with E-state index in [1.807, 2.05) is 0 Å². The Hall–Kier alpha value is -2.37. The van der Waals surface area contributed by atoms with E-state index in [0.717, 1.165) is 12.1 Å². The van der Waals surface area contributed by atoms with Gasteiger partial charge in [0.1, 0.15) is 36.1 Å². The van der Waals surface area contributed by atoms with Crippen LogP contribution in [0.4, 0.5) is 13.2 Å². The highest BCUT2D eigenvalue weighted by Gasteiger charge is 2.41. The second-order valence-corrected chi connectivity index (χ2v) is 5.14. The van der Waals surface area contributed by atoms with Crippen molar-refractivity contribution in [3.05, 3.63) is 59.2 Å². The van der Waals surface area contributed by atoms with Gasteiger partial charge < -0.3 is 4.74 Å². The van der Waals surface area contributed by atoms with Crippen LogP contribution >= 0.6 is 0 Å². The summed E-state index contributed by atoms with van der Waals surface area (Å²) >= 11 is 0. The van der Waals surface area contributed by atoms with Crippen LogP contribution in [-0.2, 0) is 9.53 Å². The Balaban J connectivity index is 1.88. The molecule has 6 heteroatoms. The minimum absolute atomic E-state index is 0.0395. The number of alkyl halides is 1. The number of benzene rings is 1. The van der Waals surface area contributed by atoms with E-state index in [4.69, 9.17) is 4.74 Å². The lowest BCUT2D eigenvalue weighted by molar-refractivity contribution is -0.104. The normalized spacial score (nSPS) is 27.1. The van der Waals surface area contributed by atoms with Crippen LogP contribution in [0.1, 0.15) is 12.0 Å². The van der Waals surface area contributed by atoms with Crippen molar-refractivity contribution in [2.45, 2.75) is 18.1 Å². The van der Waals surface area contributed by atoms with Gasteiger partial charge in [-0.05, 0) is 18.2 Å². The Bertz CT molecular complexity index is 691. The average molecular weight is 307 g/mol. The van der Waals surface area contributed by atoms with Gasteiger partial charge >= 0.3 is 0 Å². The highest BCUT2D eigenvalue weighted by molar-refractivity contribution is 5.95. The Morgan fingerprint density at radius 2 is 2.05 bits per heavy atom. The summed E-state index contributed by atoms with van der Waals surface area (Å²) in [4.78, 5) is 14.6. The van der Waals surface area contributed by atoms with E-state index in [1.165, 1.54) is 24.3 Å². The molecule has 2 aliphatic rings. The largest absolute Gasteiger partial charge is 0.475 e. The molecule has 0 saturated heterocycles. The van der Waals surface area contributed by atoms with Crippen molar-refractivity contribution in [1.82, 2.24) is 0 Å². The third-order valence-electron chi connectivity index (χ3n) is 3.72. The van der Waals surface area contributed by atoms with Gasteiger partial charge in [0.25, 0.3) is 0 Å². The number of aliphatic imine (C=N–C) groups is 1. The van der Waals surface area contributed by atoms with Gasteiger partial charge in [0.05, 0.1) is 0 Å². The Morgan fingerprint density at radius 3 is 2.64 bits per heavy atom. The summed E-state index contributed by atoms with van der Waals surface area (Å²) in [6, 6.07) is 2.49. The number of allylic oxidation sites excluding steroid dienone is 3. The maximum atomic E-state index is 14.9. The first kappa shape index (κ1) is 14.6. The van der Waals surface area contributed by atoms with Gasteiger partial charge in [-0.15, -0.1) is 0 Å². The molecule has 2 atom stereocenters. The fourth-order valence-corrected chi connectivity index (χ4v) is 2.44. The lowest BCUT2D eigenvalue weighted by atomic mass is 9.88. The molecule has 0 fully saturated rings. The van der Waals surface area contributed by atoms with Crippen LogP contribution in [0.3, 0.4) is 0 Å². The molecule has 1 aromatic carbocycles. The van der Waals surface area contributed by atoms with E-state index in [0.29, 0.717) is 11.9 Å². The maximum Gasteiger partial charge on any atom is 0.222 e. The van der Waals surface area contributed by atoms with Crippen molar-refractivity contribution < 1.29 is 22.7 Å². The molecule has 0 N–H and O–H groups in total. The maximum absolute atomic E-state index is 14.9. The van der Waals surface area contributed by atoms with Crippen LogP contribution in [0.5, 0.6) is 0 Å².